The van der Waals surface area contributed by atoms with Crippen LogP contribution in [0.1, 0.15) is 68.4 Å². The smallest absolute Gasteiger partial charge is 0.264 e. The molecule has 2 fully saturated rings. The lowest BCUT2D eigenvalue weighted by atomic mass is 9.93. The molecular weight excluding hydrogens is 534 g/mol. The molecule has 0 spiro atoms. The predicted molar refractivity (Wildman–Crippen MR) is 160 cm³/mol. The predicted octanol–water partition coefficient (Wildman–Crippen LogP) is 4.63. The molecule has 4 aliphatic rings. The summed E-state index contributed by atoms with van der Waals surface area (Å²) in [5.74, 6) is 0.924. The van der Waals surface area contributed by atoms with Gasteiger partial charge in [0.05, 0.1) is 9.88 Å². The fourth-order valence-electron chi connectivity index (χ4n) is 5.53. The molecule has 4 heterocycles. The standard InChI is InChI=1S/C27H33F2N5OS.C2H7N.H2O.H2/c28-25(29)20-13-23-17(12-19(20)24-15-32-27(36-24)16-3-4-16)2-1-9-34(23)26(30)21-14-31-8-5-22(21)33-18-6-10-35-11-7-18;1-3-2;;/h12-13,15-16,18,25,30-31,33H,1-11,14H2;3H,1-2H3;1H2;1H. The van der Waals surface area contributed by atoms with Crippen molar-refractivity contribution >= 4 is 22.9 Å². The van der Waals surface area contributed by atoms with Crippen LogP contribution in [0.2, 0.25) is 0 Å². The van der Waals surface area contributed by atoms with Crippen molar-refractivity contribution in [3.05, 3.63) is 45.7 Å². The SMILES string of the molecule is CNC.N=C(C1=C(NC2CCOCC2)CCNC1)N1CCCc2cc(-c3cnc(C4CC4)s3)c(C(F)F)cc21.O.[HH]. The maximum Gasteiger partial charge on any atom is 0.264 e. The summed E-state index contributed by atoms with van der Waals surface area (Å²) >= 11 is 1.55. The number of ether oxygens (including phenoxy) is 1. The summed E-state index contributed by atoms with van der Waals surface area (Å²) in [7, 11) is 3.75. The normalized spacial score (nSPS) is 19.5. The number of halogens is 2. The molecule has 3 aliphatic heterocycles. The van der Waals surface area contributed by atoms with Gasteiger partial charge >= 0.3 is 0 Å². The van der Waals surface area contributed by atoms with Crippen molar-refractivity contribution in [1.29, 1.82) is 5.41 Å². The van der Waals surface area contributed by atoms with Gasteiger partial charge in [0.2, 0.25) is 0 Å². The molecule has 40 heavy (non-hydrogen) atoms. The van der Waals surface area contributed by atoms with Crippen molar-refractivity contribution in [3.8, 4) is 10.4 Å². The van der Waals surface area contributed by atoms with Gasteiger partial charge in [0.1, 0.15) is 5.84 Å². The molecule has 1 aromatic heterocycles. The van der Waals surface area contributed by atoms with E-state index in [-0.39, 0.29) is 12.5 Å². The zero-order valence-corrected chi connectivity index (χ0v) is 24.2. The van der Waals surface area contributed by atoms with Gasteiger partial charge < -0.3 is 31.1 Å². The lowest BCUT2D eigenvalue weighted by molar-refractivity contribution is 0.0800. The lowest BCUT2D eigenvalue weighted by Gasteiger charge is -2.36. The van der Waals surface area contributed by atoms with E-state index in [1.165, 1.54) is 0 Å². The van der Waals surface area contributed by atoms with E-state index < -0.39 is 6.43 Å². The van der Waals surface area contributed by atoms with Crippen LogP contribution in [0, 0.1) is 5.41 Å². The number of nitrogens with zero attached hydrogens (tertiary/aromatic N) is 2. The number of anilines is 1. The van der Waals surface area contributed by atoms with E-state index in [0.29, 0.717) is 36.4 Å². The fourth-order valence-corrected chi connectivity index (χ4v) is 6.65. The van der Waals surface area contributed by atoms with E-state index in [9.17, 15) is 14.2 Å². The molecule has 8 nitrogen and oxygen atoms in total. The van der Waals surface area contributed by atoms with Crippen molar-refractivity contribution in [2.75, 3.05) is 51.8 Å². The highest BCUT2D eigenvalue weighted by molar-refractivity contribution is 7.15. The summed E-state index contributed by atoms with van der Waals surface area (Å²) in [6.45, 7) is 3.66. The lowest BCUT2D eigenvalue weighted by Crippen LogP contribution is -2.44. The van der Waals surface area contributed by atoms with E-state index in [1.54, 1.807) is 23.6 Å². The number of rotatable bonds is 6. The number of nitrogens with one attached hydrogen (secondary N) is 4. The summed E-state index contributed by atoms with van der Waals surface area (Å²) in [5, 5.41) is 20.1. The van der Waals surface area contributed by atoms with Crippen LogP contribution in [0.15, 0.2) is 29.6 Å². The number of hydrogen-bond acceptors (Lipinski definition) is 7. The summed E-state index contributed by atoms with van der Waals surface area (Å²) in [6, 6.07) is 3.94. The molecule has 1 aliphatic carbocycles. The Bertz CT molecular complexity index is 1200. The number of aryl methyl sites for hydroxylation is 1. The molecule has 6 N–H and O–H groups in total. The molecule has 0 atom stereocenters. The molecule has 1 saturated heterocycles. The van der Waals surface area contributed by atoms with Gasteiger partial charge in [-0.2, -0.15) is 0 Å². The maximum absolute atomic E-state index is 14.3. The van der Waals surface area contributed by atoms with Gasteiger partial charge in [-0.05, 0) is 70.3 Å². The topological polar surface area (TPSA) is 117 Å². The second kappa shape index (κ2) is 14.0. The molecule has 2 aromatic rings. The number of aromatic nitrogens is 1. The largest absolute Gasteiger partial charge is 0.412 e. The zero-order chi connectivity index (χ0) is 27.4. The second-order valence-corrected chi connectivity index (χ2v) is 11.8. The monoisotopic (exact) mass is 578 g/mol. The van der Waals surface area contributed by atoms with Gasteiger partial charge in [-0.15, -0.1) is 11.3 Å². The third-order valence-electron chi connectivity index (χ3n) is 7.69. The van der Waals surface area contributed by atoms with E-state index >= 15 is 0 Å². The van der Waals surface area contributed by atoms with Gasteiger partial charge in [-0.3, -0.25) is 5.41 Å². The van der Waals surface area contributed by atoms with Crippen molar-refractivity contribution in [3.63, 3.8) is 0 Å². The molecule has 222 valence electrons. The quantitative estimate of drug-likeness (QED) is 0.294. The summed E-state index contributed by atoms with van der Waals surface area (Å²) < 4.78 is 34.2. The van der Waals surface area contributed by atoms with Crippen LogP contribution in [-0.2, 0) is 11.2 Å². The summed E-state index contributed by atoms with van der Waals surface area (Å²) in [4.78, 5) is 7.30. The molecular formula is C29H44F2N6O2S. The summed E-state index contributed by atoms with van der Waals surface area (Å²) in [6.07, 6.45) is 5.95. The first-order valence-electron chi connectivity index (χ1n) is 14.1. The van der Waals surface area contributed by atoms with E-state index in [1.807, 2.05) is 25.1 Å². The first-order valence-corrected chi connectivity index (χ1v) is 14.9. The highest BCUT2D eigenvalue weighted by Crippen LogP contribution is 2.46. The van der Waals surface area contributed by atoms with Crippen LogP contribution < -0.4 is 20.9 Å². The minimum atomic E-state index is -2.59. The Hall–Kier alpha value is -2.44. The minimum Gasteiger partial charge on any atom is -0.412 e. The van der Waals surface area contributed by atoms with Gasteiger partial charge in [0, 0.05) is 86.9 Å². The third kappa shape index (κ3) is 6.88. The maximum atomic E-state index is 14.3. The number of benzene rings is 1. The molecule has 0 radical (unpaired) electrons. The van der Waals surface area contributed by atoms with Crippen molar-refractivity contribution in [2.24, 2.45) is 0 Å². The Kier molecular flexibility index (Phi) is 10.6. The van der Waals surface area contributed by atoms with Crippen LogP contribution in [0.4, 0.5) is 14.5 Å². The highest BCUT2D eigenvalue weighted by Gasteiger charge is 2.31. The minimum absolute atomic E-state index is 0. The second-order valence-electron chi connectivity index (χ2n) is 10.7. The summed E-state index contributed by atoms with van der Waals surface area (Å²) in [5.41, 5.74) is 4.48. The Morgan fingerprint density at radius 1 is 1.20 bits per heavy atom. The third-order valence-corrected chi connectivity index (χ3v) is 8.89. The Labute approximate surface area is 240 Å². The Balaban J connectivity index is 0.000000887. The van der Waals surface area contributed by atoms with E-state index in [2.05, 4.69) is 20.9 Å². The van der Waals surface area contributed by atoms with Crippen molar-refractivity contribution < 1.29 is 20.4 Å². The Morgan fingerprint density at radius 2 is 1.95 bits per heavy atom. The highest BCUT2D eigenvalue weighted by atomic mass is 32.1. The molecule has 0 bridgehead atoms. The Morgan fingerprint density at radius 3 is 2.65 bits per heavy atom. The van der Waals surface area contributed by atoms with Crippen LogP contribution >= 0.6 is 11.3 Å². The van der Waals surface area contributed by atoms with Crippen molar-refractivity contribution in [1.82, 2.24) is 20.9 Å². The molecule has 0 amide bonds. The van der Waals surface area contributed by atoms with E-state index in [0.717, 1.165) is 97.1 Å². The van der Waals surface area contributed by atoms with Crippen LogP contribution in [-0.4, -0.2) is 69.3 Å². The van der Waals surface area contributed by atoms with Crippen LogP contribution in [0.5, 0.6) is 0 Å². The first-order chi connectivity index (χ1) is 19.0. The van der Waals surface area contributed by atoms with Gasteiger partial charge in [-0.1, -0.05) is 0 Å². The first kappa shape index (κ1) is 30.5. The number of fused-ring (bicyclic) bond motifs is 1. The van der Waals surface area contributed by atoms with Crippen molar-refractivity contribution in [2.45, 2.75) is 63.3 Å². The number of thiazole rings is 1. The van der Waals surface area contributed by atoms with Gasteiger partial charge in [-0.25, -0.2) is 13.8 Å². The number of hydrogen-bond donors (Lipinski definition) is 4. The number of amidine groups is 1. The number of alkyl halides is 2. The molecule has 11 heteroatoms. The zero-order valence-electron chi connectivity index (χ0n) is 23.4. The van der Waals surface area contributed by atoms with Crippen LogP contribution in [0.3, 0.4) is 0 Å². The van der Waals surface area contributed by atoms with Gasteiger partial charge in [0.15, 0.2) is 0 Å². The van der Waals surface area contributed by atoms with Crippen LogP contribution in [0.25, 0.3) is 10.4 Å². The fraction of sp³-hybridized carbons (Fsp3) is 0.586. The molecule has 0 unspecified atom stereocenters. The van der Waals surface area contributed by atoms with E-state index in [4.69, 9.17) is 4.74 Å². The average Bonchev–Trinajstić information content (AvgIpc) is 3.69. The molecule has 1 aromatic carbocycles. The molecule has 6 rings (SSSR count). The van der Waals surface area contributed by atoms with Gasteiger partial charge in [0.25, 0.3) is 6.43 Å². The molecule has 1 saturated carbocycles. The average molecular weight is 579 g/mol.